The number of hydrogen-bond acceptors (Lipinski definition) is 3. The first-order valence-corrected chi connectivity index (χ1v) is 5.16. The van der Waals surface area contributed by atoms with Crippen molar-refractivity contribution in [1.29, 1.82) is 0 Å². The van der Waals surface area contributed by atoms with Crippen LogP contribution in [0.1, 0.15) is 19.3 Å². The van der Waals surface area contributed by atoms with E-state index in [0.717, 1.165) is 39.0 Å². The van der Waals surface area contributed by atoms with Crippen molar-refractivity contribution in [2.24, 2.45) is 5.92 Å². The smallest absolute Gasteiger partial charge is 0.248 e. The summed E-state index contributed by atoms with van der Waals surface area (Å²) in [6.45, 7) is 2.05. The molecule has 1 aliphatic rings. The number of aliphatic hydroxyl groups is 1. The van der Waals surface area contributed by atoms with Gasteiger partial charge in [0.2, 0.25) is 5.91 Å². The molecule has 1 aliphatic heterocycles. The number of amides is 1. The van der Waals surface area contributed by atoms with E-state index in [1.165, 1.54) is 0 Å². The van der Waals surface area contributed by atoms with Crippen LogP contribution >= 0.6 is 0 Å². The number of hydrogen-bond donors (Lipinski definition) is 1. The van der Waals surface area contributed by atoms with Gasteiger partial charge in [-0.05, 0) is 25.2 Å². The van der Waals surface area contributed by atoms with Crippen molar-refractivity contribution < 1.29 is 14.6 Å². The minimum atomic E-state index is -0.385. The summed E-state index contributed by atoms with van der Waals surface area (Å²) in [7, 11) is 1.73. The molecule has 4 heteroatoms. The van der Waals surface area contributed by atoms with Crippen LogP contribution in [0.5, 0.6) is 0 Å². The van der Waals surface area contributed by atoms with E-state index in [2.05, 4.69) is 0 Å². The van der Waals surface area contributed by atoms with Crippen LogP contribution < -0.4 is 0 Å². The van der Waals surface area contributed by atoms with Gasteiger partial charge < -0.3 is 14.7 Å². The number of ether oxygens (including phenoxy) is 1. The number of rotatable bonds is 4. The Morgan fingerprint density at radius 2 is 2.14 bits per heavy atom. The van der Waals surface area contributed by atoms with Gasteiger partial charge in [-0.2, -0.15) is 0 Å². The molecule has 1 heterocycles. The van der Waals surface area contributed by atoms with Crippen LogP contribution in [-0.4, -0.2) is 49.3 Å². The normalized spacial score (nSPS) is 18.1. The molecule has 0 aliphatic carbocycles. The maximum absolute atomic E-state index is 11.0. The fourth-order valence-electron chi connectivity index (χ4n) is 1.66. The van der Waals surface area contributed by atoms with Crippen molar-refractivity contribution in [1.82, 2.24) is 4.90 Å². The van der Waals surface area contributed by atoms with Crippen LogP contribution in [0.25, 0.3) is 0 Å². The van der Waals surface area contributed by atoms with Gasteiger partial charge in [-0.3, -0.25) is 4.79 Å². The molecule has 4 nitrogen and oxygen atoms in total. The number of nitrogens with zero attached hydrogens (tertiary/aromatic N) is 1. The summed E-state index contributed by atoms with van der Waals surface area (Å²) in [4.78, 5) is 12.6. The van der Waals surface area contributed by atoms with Gasteiger partial charge in [0.15, 0.2) is 0 Å². The zero-order chi connectivity index (χ0) is 10.4. The van der Waals surface area contributed by atoms with E-state index in [1.807, 2.05) is 0 Å². The molecular formula is C10H19NO3. The fourth-order valence-corrected chi connectivity index (χ4v) is 1.66. The highest BCUT2D eigenvalue weighted by Gasteiger charge is 2.15. The van der Waals surface area contributed by atoms with Crippen LogP contribution in [0.4, 0.5) is 0 Å². The van der Waals surface area contributed by atoms with E-state index in [4.69, 9.17) is 9.84 Å². The van der Waals surface area contributed by atoms with Gasteiger partial charge >= 0.3 is 0 Å². The highest BCUT2D eigenvalue weighted by molar-refractivity contribution is 5.76. The van der Waals surface area contributed by atoms with Crippen molar-refractivity contribution in [3.63, 3.8) is 0 Å². The molecule has 0 atom stereocenters. The first kappa shape index (κ1) is 11.5. The summed E-state index contributed by atoms with van der Waals surface area (Å²) in [6.07, 6.45) is 3.22. The van der Waals surface area contributed by atoms with Gasteiger partial charge in [-0.15, -0.1) is 0 Å². The fraction of sp³-hybridized carbons (Fsp3) is 0.900. The van der Waals surface area contributed by atoms with Gasteiger partial charge in [0, 0.05) is 26.8 Å². The van der Waals surface area contributed by atoms with E-state index in [0.29, 0.717) is 5.92 Å². The summed E-state index contributed by atoms with van der Waals surface area (Å²) >= 11 is 0. The van der Waals surface area contributed by atoms with E-state index in [9.17, 15) is 4.79 Å². The minimum absolute atomic E-state index is 0.197. The van der Waals surface area contributed by atoms with Gasteiger partial charge in [0.05, 0.1) is 0 Å². The molecule has 1 amide bonds. The van der Waals surface area contributed by atoms with Gasteiger partial charge in [0.25, 0.3) is 0 Å². The van der Waals surface area contributed by atoms with Gasteiger partial charge in [-0.1, -0.05) is 0 Å². The van der Waals surface area contributed by atoms with E-state index < -0.39 is 0 Å². The third-order valence-electron chi connectivity index (χ3n) is 2.77. The Kier molecular flexibility index (Phi) is 4.90. The van der Waals surface area contributed by atoms with Gasteiger partial charge in [-0.25, -0.2) is 0 Å². The lowest BCUT2D eigenvalue weighted by Crippen LogP contribution is -2.31. The Morgan fingerprint density at radius 1 is 1.50 bits per heavy atom. The second kappa shape index (κ2) is 5.98. The molecular weight excluding hydrogens is 182 g/mol. The number of likely N-dealkylation sites (N-methyl/N-ethyl adjacent to an activating group) is 1. The molecule has 1 rings (SSSR count). The topological polar surface area (TPSA) is 49.8 Å². The van der Waals surface area contributed by atoms with Crippen molar-refractivity contribution in [3.8, 4) is 0 Å². The molecule has 0 aromatic heterocycles. The lowest BCUT2D eigenvalue weighted by atomic mass is 9.96. The zero-order valence-electron chi connectivity index (χ0n) is 8.74. The Morgan fingerprint density at radius 3 is 2.71 bits per heavy atom. The van der Waals surface area contributed by atoms with Crippen molar-refractivity contribution in [3.05, 3.63) is 0 Å². The highest BCUT2D eigenvalue weighted by Crippen LogP contribution is 2.18. The summed E-state index contributed by atoms with van der Waals surface area (Å²) in [5.74, 6) is 0.481. The molecule has 0 unspecified atom stereocenters. The molecule has 1 saturated heterocycles. The number of carbonyl (C=O) groups excluding carboxylic acids is 1. The third-order valence-corrected chi connectivity index (χ3v) is 2.77. The average molecular weight is 201 g/mol. The minimum Gasteiger partial charge on any atom is -0.387 e. The Bertz CT molecular complexity index is 178. The largest absolute Gasteiger partial charge is 0.387 e. The highest BCUT2D eigenvalue weighted by atomic mass is 16.5. The van der Waals surface area contributed by atoms with Crippen LogP contribution in [-0.2, 0) is 9.53 Å². The predicted molar refractivity (Wildman–Crippen MR) is 52.9 cm³/mol. The second-order valence-electron chi connectivity index (χ2n) is 3.82. The summed E-state index contributed by atoms with van der Waals surface area (Å²) in [5.41, 5.74) is 0. The van der Waals surface area contributed by atoms with Crippen LogP contribution in [0.2, 0.25) is 0 Å². The molecule has 0 spiro atoms. The summed E-state index contributed by atoms with van der Waals surface area (Å²) in [5, 5.41) is 8.63. The number of aliphatic hydroxyl groups excluding tert-OH is 1. The maximum atomic E-state index is 11.0. The molecule has 0 aromatic carbocycles. The van der Waals surface area contributed by atoms with E-state index >= 15 is 0 Å². The average Bonchev–Trinajstić information content (AvgIpc) is 2.26. The molecule has 0 bridgehead atoms. The van der Waals surface area contributed by atoms with Crippen LogP contribution in [0.15, 0.2) is 0 Å². The monoisotopic (exact) mass is 201 g/mol. The lowest BCUT2D eigenvalue weighted by molar-refractivity contribution is -0.133. The Labute approximate surface area is 84.8 Å². The standard InChI is InChI=1S/C10H19NO3/c1-11(10(13)8-12)5-2-9-3-6-14-7-4-9/h9,12H,2-8H2,1H3. The second-order valence-corrected chi connectivity index (χ2v) is 3.82. The van der Waals surface area contributed by atoms with Crippen LogP contribution in [0, 0.1) is 5.92 Å². The first-order chi connectivity index (χ1) is 6.74. The first-order valence-electron chi connectivity index (χ1n) is 5.16. The van der Waals surface area contributed by atoms with Crippen molar-refractivity contribution in [2.75, 3.05) is 33.4 Å². The maximum Gasteiger partial charge on any atom is 0.248 e. The SMILES string of the molecule is CN(CCC1CCOCC1)C(=O)CO. The molecule has 0 radical (unpaired) electrons. The van der Waals surface area contributed by atoms with E-state index in [1.54, 1.807) is 11.9 Å². The quantitative estimate of drug-likeness (QED) is 0.709. The zero-order valence-corrected chi connectivity index (χ0v) is 8.74. The van der Waals surface area contributed by atoms with Crippen LogP contribution in [0.3, 0.4) is 0 Å². The van der Waals surface area contributed by atoms with E-state index in [-0.39, 0.29) is 12.5 Å². The molecule has 0 saturated carbocycles. The molecule has 1 fully saturated rings. The Balaban J connectivity index is 2.15. The molecule has 14 heavy (non-hydrogen) atoms. The third kappa shape index (κ3) is 3.64. The molecule has 1 N–H and O–H groups in total. The number of carbonyl (C=O) groups is 1. The summed E-state index contributed by atoms with van der Waals surface area (Å²) in [6, 6.07) is 0. The summed E-state index contributed by atoms with van der Waals surface area (Å²) < 4.78 is 5.25. The molecule has 82 valence electrons. The van der Waals surface area contributed by atoms with Crippen molar-refractivity contribution >= 4 is 5.91 Å². The molecule has 0 aromatic rings. The lowest BCUT2D eigenvalue weighted by Gasteiger charge is -2.24. The van der Waals surface area contributed by atoms with Crippen molar-refractivity contribution in [2.45, 2.75) is 19.3 Å². The Hall–Kier alpha value is -0.610. The van der Waals surface area contributed by atoms with Gasteiger partial charge in [0.1, 0.15) is 6.61 Å². The predicted octanol–water partition coefficient (Wildman–Crippen LogP) is 0.254.